The minimum absolute atomic E-state index is 0. The van der Waals surface area contributed by atoms with Crippen molar-refractivity contribution >= 4 is 29.9 Å². The predicted molar refractivity (Wildman–Crippen MR) is 120 cm³/mol. The maximum atomic E-state index is 5.78. The van der Waals surface area contributed by atoms with Crippen LogP contribution in [0.5, 0.6) is 0 Å². The molecule has 1 aromatic rings. The molecule has 27 heavy (non-hydrogen) atoms. The van der Waals surface area contributed by atoms with E-state index in [9.17, 15) is 0 Å². The summed E-state index contributed by atoms with van der Waals surface area (Å²) in [5, 5.41) is 6.67. The smallest absolute Gasteiger partial charge is 0.190 e. The summed E-state index contributed by atoms with van der Waals surface area (Å²) < 4.78 is 16.8. The van der Waals surface area contributed by atoms with Gasteiger partial charge in [0.2, 0.25) is 0 Å². The van der Waals surface area contributed by atoms with Crippen LogP contribution < -0.4 is 10.6 Å². The molecule has 0 aromatic heterocycles. The van der Waals surface area contributed by atoms with E-state index in [1.807, 2.05) is 18.2 Å². The number of guanidine groups is 1. The molecule has 2 rings (SSSR count). The highest BCUT2D eigenvalue weighted by atomic mass is 127. The molecular weight excluding hydrogens is 457 g/mol. The Morgan fingerprint density at radius 1 is 1.30 bits per heavy atom. The van der Waals surface area contributed by atoms with Crippen LogP contribution in [-0.2, 0) is 20.8 Å². The monoisotopic (exact) mass is 491 g/mol. The highest BCUT2D eigenvalue weighted by Gasteiger charge is 2.15. The lowest BCUT2D eigenvalue weighted by Gasteiger charge is -2.16. The van der Waals surface area contributed by atoms with Gasteiger partial charge in [0, 0.05) is 33.4 Å². The fourth-order valence-corrected chi connectivity index (χ4v) is 2.68. The first-order valence-electron chi connectivity index (χ1n) is 9.53. The van der Waals surface area contributed by atoms with E-state index in [-0.39, 0.29) is 30.1 Å². The van der Waals surface area contributed by atoms with E-state index in [0.717, 1.165) is 58.3 Å². The molecule has 1 fully saturated rings. The van der Waals surface area contributed by atoms with Crippen LogP contribution in [0.4, 0.5) is 0 Å². The fraction of sp³-hybridized carbons (Fsp3) is 0.650. The molecule has 6 nitrogen and oxygen atoms in total. The molecule has 0 radical (unpaired) electrons. The van der Waals surface area contributed by atoms with Crippen LogP contribution in [0.2, 0.25) is 0 Å². The average molecular weight is 491 g/mol. The van der Waals surface area contributed by atoms with Crippen molar-refractivity contribution in [2.75, 3.05) is 46.6 Å². The van der Waals surface area contributed by atoms with Crippen molar-refractivity contribution < 1.29 is 14.2 Å². The third-order valence-corrected chi connectivity index (χ3v) is 4.21. The first kappa shape index (κ1) is 24.1. The normalized spacial score (nSPS) is 18.0. The van der Waals surface area contributed by atoms with E-state index < -0.39 is 0 Å². The maximum absolute atomic E-state index is 5.78. The Morgan fingerprint density at radius 2 is 2.11 bits per heavy atom. The number of aliphatic imine (C=N–C) groups is 1. The van der Waals surface area contributed by atoms with Gasteiger partial charge in [-0.25, -0.2) is 0 Å². The maximum Gasteiger partial charge on any atom is 0.190 e. The highest BCUT2D eigenvalue weighted by molar-refractivity contribution is 14.0. The Hall–Kier alpha value is -0.900. The Bertz CT molecular complexity index is 510. The van der Waals surface area contributed by atoms with Crippen molar-refractivity contribution in [1.29, 1.82) is 0 Å². The summed E-state index contributed by atoms with van der Waals surface area (Å²) in [5.41, 5.74) is 1.21. The van der Waals surface area contributed by atoms with Gasteiger partial charge in [0.25, 0.3) is 0 Å². The molecule has 0 bridgehead atoms. The van der Waals surface area contributed by atoms with Crippen molar-refractivity contribution in [2.24, 2.45) is 10.9 Å². The van der Waals surface area contributed by atoms with Gasteiger partial charge in [-0.2, -0.15) is 0 Å². The zero-order valence-electron chi connectivity index (χ0n) is 16.5. The molecule has 0 saturated carbocycles. The number of hydrogen-bond acceptors (Lipinski definition) is 4. The zero-order chi connectivity index (χ0) is 18.5. The minimum Gasteiger partial charge on any atom is -0.379 e. The molecule has 0 aliphatic carbocycles. The van der Waals surface area contributed by atoms with Gasteiger partial charge in [0.1, 0.15) is 0 Å². The molecule has 154 valence electrons. The van der Waals surface area contributed by atoms with Gasteiger partial charge in [-0.3, -0.25) is 4.99 Å². The van der Waals surface area contributed by atoms with Crippen LogP contribution in [0, 0.1) is 5.92 Å². The van der Waals surface area contributed by atoms with Crippen LogP contribution in [0.25, 0.3) is 0 Å². The quantitative estimate of drug-likeness (QED) is 0.216. The second kappa shape index (κ2) is 15.1. The molecule has 1 aliphatic heterocycles. The van der Waals surface area contributed by atoms with E-state index in [2.05, 4.69) is 34.7 Å². The average Bonchev–Trinajstić information content (AvgIpc) is 3.18. The molecule has 1 aliphatic rings. The summed E-state index contributed by atoms with van der Waals surface area (Å²) in [7, 11) is 1.79. The third kappa shape index (κ3) is 10.9. The van der Waals surface area contributed by atoms with Gasteiger partial charge >= 0.3 is 0 Å². The van der Waals surface area contributed by atoms with Crippen molar-refractivity contribution in [3.8, 4) is 0 Å². The van der Waals surface area contributed by atoms with Crippen molar-refractivity contribution in [3.63, 3.8) is 0 Å². The first-order chi connectivity index (χ1) is 12.8. The predicted octanol–water partition coefficient (Wildman–Crippen LogP) is 2.82. The van der Waals surface area contributed by atoms with E-state index in [1.54, 1.807) is 7.05 Å². The van der Waals surface area contributed by atoms with E-state index in [4.69, 9.17) is 14.2 Å². The molecule has 7 heteroatoms. The molecule has 2 atom stereocenters. The number of hydrogen-bond donors (Lipinski definition) is 2. The number of ether oxygens (including phenoxy) is 3. The first-order valence-corrected chi connectivity index (χ1v) is 9.53. The van der Waals surface area contributed by atoms with Gasteiger partial charge in [0.05, 0.1) is 25.9 Å². The molecule has 0 spiro atoms. The van der Waals surface area contributed by atoms with Crippen LogP contribution in [0.3, 0.4) is 0 Å². The SMILES string of the molecule is CN=C(NCCCOC1CCOC1)NCC(C)COCc1ccccc1.I. The number of nitrogens with zero attached hydrogens (tertiary/aromatic N) is 1. The van der Waals surface area contributed by atoms with Gasteiger partial charge < -0.3 is 24.8 Å². The summed E-state index contributed by atoms with van der Waals surface area (Å²) in [4.78, 5) is 4.26. The lowest BCUT2D eigenvalue weighted by Crippen LogP contribution is -2.40. The highest BCUT2D eigenvalue weighted by Crippen LogP contribution is 2.08. The molecule has 1 saturated heterocycles. The topological polar surface area (TPSA) is 64.1 Å². The minimum atomic E-state index is 0. The Balaban J connectivity index is 0.00000364. The summed E-state index contributed by atoms with van der Waals surface area (Å²) in [5.74, 6) is 1.23. The second-order valence-electron chi connectivity index (χ2n) is 6.70. The molecule has 2 unspecified atom stereocenters. The van der Waals surface area contributed by atoms with Gasteiger partial charge in [-0.1, -0.05) is 37.3 Å². The fourth-order valence-electron chi connectivity index (χ4n) is 2.68. The molecule has 2 N–H and O–H groups in total. The molecule has 0 amide bonds. The Labute approximate surface area is 180 Å². The van der Waals surface area contributed by atoms with Crippen molar-refractivity contribution in [2.45, 2.75) is 32.5 Å². The third-order valence-electron chi connectivity index (χ3n) is 4.21. The number of rotatable bonds is 11. The number of nitrogens with one attached hydrogen (secondary N) is 2. The Morgan fingerprint density at radius 3 is 2.81 bits per heavy atom. The van der Waals surface area contributed by atoms with Gasteiger partial charge in [-0.05, 0) is 24.3 Å². The van der Waals surface area contributed by atoms with Gasteiger partial charge in [-0.15, -0.1) is 24.0 Å². The summed E-state index contributed by atoms with van der Waals surface area (Å²) in [6, 6.07) is 10.2. The van der Waals surface area contributed by atoms with E-state index in [0.29, 0.717) is 12.5 Å². The number of halogens is 1. The van der Waals surface area contributed by atoms with Crippen LogP contribution in [0.1, 0.15) is 25.3 Å². The van der Waals surface area contributed by atoms with Gasteiger partial charge in [0.15, 0.2) is 5.96 Å². The Kier molecular flexibility index (Phi) is 13.5. The van der Waals surface area contributed by atoms with Crippen LogP contribution >= 0.6 is 24.0 Å². The second-order valence-corrected chi connectivity index (χ2v) is 6.70. The van der Waals surface area contributed by atoms with Crippen molar-refractivity contribution in [1.82, 2.24) is 10.6 Å². The summed E-state index contributed by atoms with van der Waals surface area (Å²) >= 11 is 0. The lowest BCUT2D eigenvalue weighted by molar-refractivity contribution is 0.0420. The number of benzene rings is 1. The largest absolute Gasteiger partial charge is 0.379 e. The van der Waals surface area contributed by atoms with Crippen LogP contribution in [0.15, 0.2) is 35.3 Å². The standard InChI is InChI=1S/C20H33N3O3.HI/c1-17(14-25-15-18-7-4-3-5-8-18)13-23-20(21-2)22-10-6-11-26-19-9-12-24-16-19;/h3-5,7-8,17,19H,6,9-16H2,1-2H3,(H2,21,22,23);1H. The summed E-state index contributed by atoms with van der Waals surface area (Å²) in [6.45, 7) is 7.52. The molecule has 1 heterocycles. The van der Waals surface area contributed by atoms with E-state index >= 15 is 0 Å². The van der Waals surface area contributed by atoms with E-state index in [1.165, 1.54) is 5.56 Å². The zero-order valence-corrected chi connectivity index (χ0v) is 18.8. The molecular formula is C20H34IN3O3. The lowest BCUT2D eigenvalue weighted by atomic mass is 10.2. The summed E-state index contributed by atoms with van der Waals surface area (Å²) in [6.07, 6.45) is 2.25. The van der Waals surface area contributed by atoms with Crippen molar-refractivity contribution in [3.05, 3.63) is 35.9 Å². The van der Waals surface area contributed by atoms with Crippen LogP contribution in [-0.4, -0.2) is 58.6 Å². The molecule has 1 aromatic carbocycles.